The summed E-state index contributed by atoms with van der Waals surface area (Å²) < 4.78 is 5.09. The fraction of sp³-hybridized carbons (Fsp3) is 0.500. The van der Waals surface area contributed by atoms with E-state index in [1.807, 2.05) is 0 Å². The summed E-state index contributed by atoms with van der Waals surface area (Å²) in [5.74, 6) is 0.732. The molecule has 4 heteroatoms. The first-order valence-corrected chi connectivity index (χ1v) is 5.60. The normalized spacial score (nSPS) is 10.4. The highest BCUT2D eigenvalue weighted by Gasteiger charge is 2.12. The zero-order chi connectivity index (χ0) is 10.6. The van der Waals surface area contributed by atoms with Crippen molar-refractivity contribution in [3.8, 4) is 0 Å². The molecule has 0 aromatic carbocycles. The first-order valence-electron chi connectivity index (χ1n) is 4.61. The minimum Gasteiger partial charge on any atom is -0.475 e. The highest BCUT2D eigenvalue weighted by atomic mass is 32.2. The van der Waals surface area contributed by atoms with Crippen LogP contribution in [0.15, 0.2) is 15.4 Å². The van der Waals surface area contributed by atoms with Gasteiger partial charge in [0.05, 0.1) is 0 Å². The van der Waals surface area contributed by atoms with Crippen molar-refractivity contribution >= 4 is 17.7 Å². The molecule has 0 aliphatic rings. The van der Waals surface area contributed by atoms with E-state index in [0.29, 0.717) is 5.76 Å². The van der Waals surface area contributed by atoms with Crippen LogP contribution in [0.2, 0.25) is 0 Å². The number of rotatable bonds is 5. The molecule has 1 aromatic rings. The molecule has 1 aromatic heterocycles. The van der Waals surface area contributed by atoms with Crippen molar-refractivity contribution in [2.24, 2.45) is 0 Å². The van der Waals surface area contributed by atoms with Gasteiger partial charge in [-0.2, -0.15) is 0 Å². The molecule has 1 rings (SSSR count). The van der Waals surface area contributed by atoms with Crippen molar-refractivity contribution in [2.75, 3.05) is 5.75 Å². The molecule has 0 saturated carbocycles. The average Bonchev–Trinajstić information content (AvgIpc) is 2.49. The van der Waals surface area contributed by atoms with E-state index in [9.17, 15) is 4.79 Å². The van der Waals surface area contributed by atoms with E-state index >= 15 is 0 Å². The van der Waals surface area contributed by atoms with Crippen LogP contribution in [-0.2, 0) is 0 Å². The van der Waals surface area contributed by atoms with Crippen molar-refractivity contribution < 1.29 is 14.3 Å². The van der Waals surface area contributed by atoms with Crippen LogP contribution in [-0.4, -0.2) is 16.8 Å². The number of hydrogen-bond donors (Lipinski definition) is 1. The molecule has 14 heavy (non-hydrogen) atoms. The monoisotopic (exact) mass is 214 g/mol. The van der Waals surface area contributed by atoms with E-state index in [1.54, 1.807) is 24.8 Å². The standard InChI is InChI=1S/C10H14O3S/c1-3-4-5-14-9-6-8(10(11)12)13-7(9)2/h6H,3-5H2,1-2H3,(H,11,12). The van der Waals surface area contributed by atoms with Gasteiger partial charge in [-0.1, -0.05) is 13.3 Å². The Balaban J connectivity index is 2.63. The Morgan fingerprint density at radius 2 is 2.36 bits per heavy atom. The lowest BCUT2D eigenvalue weighted by Gasteiger charge is -1.96. The number of carboxylic acids is 1. The number of carbonyl (C=O) groups is 1. The summed E-state index contributed by atoms with van der Waals surface area (Å²) in [5, 5.41) is 8.69. The van der Waals surface area contributed by atoms with Gasteiger partial charge in [0.15, 0.2) is 0 Å². The van der Waals surface area contributed by atoms with E-state index in [4.69, 9.17) is 9.52 Å². The highest BCUT2D eigenvalue weighted by molar-refractivity contribution is 7.99. The molecule has 0 atom stereocenters. The molecule has 0 aliphatic heterocycles. The summed E-state index contributed by atoms with van der Waals surface area (Å²) in [6, 6.07) is 1.60. The lowest BCUT2D eigenvalue weighted by atomic mass is 10.4. The van der Waals surface area contributed by atoms with E-state index in [-0.39, 0.29) is 5.76 Å². The van der Waals surface area contributed by atoms with E-state index < -0.39 is 5.97 Å². The van der Waals surface area contributed by atoms with Gasteiger partial charge >= 0.3 is 5.97 Å². The molecule has 3 nitrogen and oxygen atoms in total. The minimum atomic E-state index is -1.00. The van der Waals surface area contributed by atoms with Gasteiger partial charge in [0.25, 0.3) is 0 Å². The smallest absolute Gasteiger partial charge is 0.371 e. The number of unbranched alkanes of at least 4 members (excludes halogenated alkanes) is 1. The Hall–Kier alpha value is -0.900. The molecule has 0 unspecified atom stereocenters. The maximum Gasteiger partial charge on any atom is 0.371 e. The molecule has 0 spiro atoms. The van der Waals surface area contributed by atoms with Gasteiger partial charge in [-0.15, -0.1) is 11.8 Å². The van der Waals surface area contributed by atoms with Gasteiger partial charge in [0.1, 0.15) is 5.76 Å². The van der Waals surface area contributed by atoms with Crippen LogP contribution >= 0.6 is 11.8 Å². The van der Waals surface area contributed by atoms with Crippen LogP contribution in [0, 0.1) is 6.92 Å². The Morgan fingerprint density at radius 1 is 1.64 bits per heavy atom. The molecule has 0 amide bonds. The largest absolute Gasteiger partial charge is 0.475 e. The van der Waals surface area contributed by atoms with E-state index in [2.05, 4.69) is 6.92 Å². The zero-order valence-electron chi connectivity index (χ0n) is 8.37. The van der Waals surface area contributed by atoms with Crippen molar-refractivity contribution in [1.82, 2.24) is 0 Å². The summed E-state index contributed by atoms with van der Waals surface area (Å²) in [7, 11) is 0. The predicted molar refractivity (Wildman–Crippen MR) is 56.0 cm³/mol. The van der Waals surface area contributed by atoms with Crippen molar-refractivity contribution in [2.45, 2.75) is 31.6 Å². The number of carboxylic acid groups (broad SMARTS) is 1. The van der Waals surface area contributed by atoms with Crippen molar-refractivity contribution in [3.05, 3.63) is 17.6 Å². The first kappa shape index (κ1) is 11.2. The molecule has 0 aliphatic carbocycles. The summed E-state index contributed by atoms with van der Waals surface area (Å²) in [6.07, 6.45) is 2.29. The predicted octanol–water partition coefficient (Wildman–Crippen LogP) is 3.18. The van der Waals surface area contributed by atoms with Crippen molar-refractivity contribution in [3.63, 3.8) is 0 Å². The van der Waals surface area contributed by atoms with Gasteiger partial charge in [-0.25, -0.2) is 4.79 Å². The summed E-state index contributed by atoms with van der Waals surface area (Å²) in [6.45, 7) is 3.92. The SMILES string of the molecule is CCCCSc1cc(C(=O)O)oc1C. The first-order chi connectivity index (χ1) is 6.65. The molecular weight excluding hydrogens is 200 g/mol. The van der Waals surface area contributed by atoms with Crippen molar-refractivity contribution in [1.29, 1.82) is 0 Å². The van der Waals surface area contributed by atoms with Gasteiger partial charge in [-0.05, 0) is 19.1 Å². The molecule has 0 bridgehead atoms. The number of thioether (sulfide) groups is 1. The average molecular weight is 214 g/mol. The van der Waals surface area contributed by atoms with Gasteiger partial charge < -0.3 is 9.52 Å². The Labute approximate surface area is 87.5 Å². The Morgan fingerprint density at radius 3 is 2.86 bits per heavy atom. The second kappa shape index (κ2) is 5.10. The third-order valence-electron chi connectivity index (χ3n) is 1.84. The Kier molecular flexibility index (Phi) is 4.07. The number of aryl methyl sites for hydroxylation is 1. The molecule has 0 radical (unpaired) electrons. The summed E-state index contributed by atoms with van der Waals surface area (Å²) >= 11 is 1.65. The fourth-order valence-corrected chi connectivity index (χ4v) is 2.13. The third-order valence-corrected chi connectivity index (χ3v) is 3.05. The maximum absolute atomic E-state index is 10.6. The number of aromatic carboxylic acids is 1. The second-order valence-electron chi connectivity index (χ2n) is 3.04. The summed E-state index contributed by atoms with van der Waals surface area (Å²) in [5.41, 5.74) is 0. The van der Waals surface area contributed by atoms with Crippen LogP contribution in [0.3, 0.4) is 0 Å². The molecular formula is C10H14O3S. The Bertz CT molecular complexity index is 317. The van der Waals surface area contributed by atoms with Crippen LogP contribution in [0.1, 0.15) is 36.1 Å². The highest BCUT2D eigenvalue weighted by Crippen LogP contribution is 2.26. The van der Waals surface area contributed by atoms with Crippen LogP contribution in [0.5, 0.6) is 0 Å². The molecule has 1 heterocycles. The van der Waals surface area contributed by atoms with Crippen LogP contribution in [0.25, 0.3) is 0 Å². The van der Waals surface area contributed by atoms with Crippen LogP contribution < -0.4 is 0 Å². The fourth-order valence-electron chi connectivity index (χ4n) is 1.04. The van der Waals surface area contributed by atoms with E-state index in [0.717, 1.165) is 23.5 Å². The molecule has 0 saturated heterocycles. The maximum atomic E-state index is 10.6. The summed E-state index contributed by atoms with van der Waals surface area (Å²) in [4.78, 5) is 11.5. The van der Waals surface area contributed by atoms with Gasteiger partial charge in [0, 0.05) is 11.0 Å². The lowest BCUT2D eigenvalue weighted by Crippen LogP contribution is -1.91. The topological polar surface area (TPSA) is 50.4 Å². The zero-order valence-corrected chi connectivity index (χ0v) is 9.19. The van der Waals surface area contributed by atoms with Crippen LogP contribution in [0.4, 0.5) is 0 Å². The number of hydrogen-bond acceptors (Lipinski definition) is 3. The minimum absolute atomic E-state index is 0.0292. The molecule has 0 fully saturated rings. The van der Waals surface area contributed by atoms with Gasteiger partial charge in [0.2, 0.25) is 5.76 Å². The molecule has 78 valence electrons. The second-order valence-corrected chi connectivity index (χ2v) is 4.18. The molecule has 1 N–H and O–H groups in total. The number of furan rings is 1. The quantitative estimate of drug-likeness (QED) is 0.604. The van der Waals surface area contributed by atoms with E-state index in [1.165, 1.54) is 0 Å². The third kappa shape index (κ3) is 2.80. The lowest BCUT2D eigenvalue weighted by molar-refractivity contribution is 0.0661. The van der Waals surface area contributed by atoms with Gasteiger partial charge in [-0.3, -0.25) is 0 Å².